The lowest BCUT2D eigenvalue weighted by Gasteiger charge is -2.34. The molecule has 1 amide bonds. The van der Waals surface area contributed by atoms with Crippen LogP contribution in [0.2, 0.25) is 0 Å². The van der Waals surface area contributed by atoms with Gasteiger partial charge in [0.25, 0.3) is 0 Å². The van der Waals surface area contributed by atoms with Crippen LogP contribution in [0.25, 0.3) is 0 Å². The summed E-state index contributed by atoms with van der Waals surface area (Å²) in [4.78, 5) is 14.2. The molecular formula is C15H20N2O. The van der Waals surface area contributed by atoms with Gasteiger partial charge in [-0.2, -0.15) is 0 Å². The van der Waals surface area contributed by atoms with E-state index in [-0.39, 0.29) is 0 Å². The molecule has 0 saturated carbocycles. The first kappa shape index (κ1) is 11.7. The third kappa shape index (κ3) is 2.27. The molecule has 0 bridgehead atoms. The molecule has 3 nitrogen and oxygen atoms in total. The van der Waals surface area contributed by atoms with E-state index in [4.69, 9.17) is 0 Å². The van der Waals surface area contributed by atoms with Gasteiger partial charge in [-0.15, -0.1) is 0 Å². The highest BCUT2D eigenvalue weighted by atomic mass is 16.2. The van der Waals surface area contributed by atoms with Gasteiger partial charge in [-0.25, -0.2) is 0 Å². The Bertz CT molecular complexity index is 438. The van der Waals surface area contributed by atoms with Crippen molar-refractivity contribution in [2.75, 3.05) is 24.5 Å². The second-order valence-corrected chi connectivity index (χ2v) is 5.33. The summed E-state index contributed by atoms with van der Waals surface area (Å²) < 4.78 is 0. The molecule has 1 aromatic carbocycles. The Kier molecular flexibility index (Phi) is 3.33. The minimum atomic E-state index is 0.298. The molecule has 0 atom stereocenters. The standard InChI is InChI=1S/C15H20N2O/c18-15-6-5-13-3-1-2-4-14(13)17(15)11-12-7-9-16-10-8-12/h1-4,12,16H,5-11H2. The topological polar surface area (TPSA) is 32.3 Å². The molecule has 1 saturated heterocycles. The van der Waals surface area contributed by atoms with Crippen molar-refractivity contribution >= 4 is 11.6 Å². The number of benzene rings is 1. The average molecular weight is 244 g/mol. The van der Waals surface area contributed by atoms with Crippen molar-refractivity contribution in [2.24, 2.45) is 5.92 Å². The number of nitrogens with one attached hydrogen (secondary N) is 1. The monoisotopic (exact) mass is 244 g/mol. The van der Waals surface area contributed by atoms with Crippen molar-refractivity contribution < 1.29 is 4.79 Å². The first-order valence-electron chi connectivity index (χ1n) is 6.93. The highest BCUT2D eigenvalue weighted by Gasteiger charge is 2.26. The van der Waals surface area contributed by atoms with Crippen molar-refractivity contribution in [3.63, 3.8) is 0 Å². The number of anilines is 1. The summed E-state index contributed by atoms with van der Waals surface area (Å²) in [5.74, 6) is 0.952. The number of para-hydroxylation sites is 1. The van der Waals surface area contributed by atoms with Gasteiger partial charge in [-0.05, 0) is 49.9 Å². The van der Waals surface area contributed by atoms with E-state index in [2.05, 4.69) is 23.5 Å². The normalized spacial score (nSPS) is 20.9. The summed E-state index contributed by atoms with van der Waals surface area (Å²) in [6.45, 7) is 3.08. The molecule has 2 aliphatic rings. The second-order valence-electron chi connectivity index (χ2n) is 5.33. The van der Waals surface area contributed by atoms with Crippen LogP contribution in [0.4, 0.5) is 5.69 Å². The number of rotatable bonds is 2. The number of hydrogen-bond donors (Lipinski definition) is 1. The number of hydrogen-bond acceptors (Lipinski definition) is 2. The van der Waals surface area contributed by atoms with E-state index in [0.29, 0.717) is 18.2 Å². The maximum atomic E-state index is 12.1. The number of aryl methyl sites for hydroxylation is 1. The van der Waals surface area contributed by atoms with E-state index in [9.17, 15) is 4.79 Å². The molecule has 96 valence electrons. The van der Waals surface area contributed by atoms with Crippen molar-refractivity contribution in [2.45, 2.75) is 25.7 Å². The van der Waals surface area contributed by atoms with E-state index in [1.54, 1.807) is 0 Å². The van der Waals surface area contributed by atoms with E-state index >= 15 is 0 Å². The Labute approximate surface area is 108 Å². The molecular weight excluding hydrogens is 224 g/mol. The highest BCUT2D eigenvalue weighted by Crippen LogP contribution is 2.29. The van der Waals surface area contributed by atoms with Crippen LogP contribution in [0.15, 0.2) is 24.3 Å². The first-order chi connectivity index (χ1) is 8.84. The van der Waals surface area contributed by atoms with Gasteiger partial charge in [0.15, 0.2) is 0 Å². The average Bonchev–Trinajstić information content (AvgIpc) is 2.43. The lowest BCUT2D eigenvalue weighted by Crippen LogP contribution is -2.41. The summed E-state index contributed by atoms with van der Waals surface area (Å²) in [5.41, 5.74) is 2.47. The van der Waals surface area contributed by atoms with E-state index in [0.717, 1.165) is 31.7 Å². The van der Waals surface area contributed by atoms with E-state index in [1.807, 2.05) is 11.0 Å². The summed E-state index contributed by atoms with van der Waals surface area (Å²) >= 11 is 0. The summed E-state index contributed by atoms with van der Waals surface area (Å²) in [6.07, 6.45) is 3.94. The fraction of sp³-hybridized carbons (Fsp3) is 0.533. The van der Waals surface area contributed by atoms with Gasteiger partial charge in [0.1, 0.15) is 0 Å². The molecule has 3 rings (SSSR count). The van der Waals surface area contributed by atoms with Gasteiger partial charge in [0.2, 0.25) is 5.91 Å². The van der Waals surface area contributed by atoms with Crippen molar-refractivity contribution in [1.82, 2.24) is 5.32 Å². The van der Waals surface area contributed by atoms with E-state index < -0.39 is 0 Å². The van der Waals surface area contributed by atoms with Crippen LogP contribution < -0.4 is 10.2 Å². The van der Waals surface area contributed by atoms with Crippen LogP contribution in [0.1, 0.15) is 24.8 Å². The molecule has 18 heavy (non-hydrogen) atoms. The lowest BCUT2D eigenvalue weighted by molar-refractivity contribution is -0.119. The SMILES string of the molecule is O=C1CCc2ccccc2N1CC1CCNCC1. The number of carbonyl (C=O) groups excluding carboxylic acids is 1. The van der Waals surface area contributed by atoms with Crippen LogP contribution >= 0.6 is 0 Å². The van der Waals surface area contributed by atoms with Crippen LogP contribution in [-0.4, -0.2) is 25.5 Å². The van der Waals surface area contributed by atoms with Gasteiger partial charge in [-0.1, -0.05) is 18.2 Å². The number of fused-ring (bicyclic) bond motifs is 1. The number of piperidine rings is 1. The summed E-state index contributed by atoms with van der Waals surface area (Å²) in [6, 6.07) is 8.34. The Morgan fingerprint density at radius 3 is 2.78 bits per heavy atom. The second kappa shape index (κ2) is 5.11. The van der Waals surface area contributed by atoms with Crippen LogP contribution in [0, 0.1) is 5.92 Å². The van der Waals surface area contributed by atoms with Crippen molar-refractivity contribution in [3.05, 3.63) is 29.8 Å². The lowest BCUT2D eigenvalue weighted by atomic mass is 9.94. The third-order valence-corrected chi connectivity index (χ3v) is 4.09. The zero-order chi connectivity index (χ0) is 12.4. The van der Waals surface area contributed by atoms with Gasteiger partial charge >= 0.3 is 0 Å². The van der Waals surface area contributed by atoms with Gasteiger partial charge in [0, 0.05) is 18.7 Å². The van der Waals surface area contributed by atoms with Crippen molar-refractivity contribution in [1.29, 1.82) is 0 Å². The maximum absolute atomic E-state index is 12.1. The molecule has 1 N–H and O–H groups in total. The minimum absolute atomic E-state index is 0.298. The summed E-state index contributed by atoms with van der Waals surface area (Å²) in [5, 5.41) is 3.38. The van der Waals surface area contributed by atoms with Crippen LogP contribution in [-0.2, 0) is 11.2 Å². The Hall–Kier alpha value is -1.35. The van der Waals surface area contributed by atoms with Gasteiger partial charge < -0.3 is 10.2 Å². The van der Waals surface area contributed by atoms with Crippen molar-refractivity contribution in [3.8, 4) is 0 Å². The zero-order valence-electron chi connectivity index (χ0n) is 10.7. The predicted octanol–water partition coefficient (Wildman–Crippen LogP) is 1.97. The molecule has 0 aliphatic carbocycles. The first-order valence-corrected chi connectivity index (χ1v) is 6.93. The third-order valence-electron chi connectivity index (χ3n) is 4.09. The number of amides is 1. The predicted molar refractivity (Wildman–Crippen MR) is 72.7 cm³/mol. The molecule has 1 aromatic rings. The fourth-order valence-corrected chi connectivity index (χ4v) is 3.02. The molecule has 2 aliphatic heterocycles. The minimum Gasteiger partial charge on any atom is -0.317 e. The molecule has 2 heterocycles. The quantitative estimate of drug-likeness (QED) is 0.862. The molecule has 0 radical (unpaired) electrons. The van der Waals surface area contributed by atoms with Crippen LogP contribution in [0.5, 0.6) is 0 Å². The largest absolute Gasteiger partial charge is 0.317 e. The summed E-state index contributed by atoms with van der Waals surface area (Å²) in [7, 11) is 0. The fourth-order valence-electron chi connectivity index (χ4n) is 3.02. The smallest absolute Gasteiger partial charge is 0.227 e. The molecule has 0 spiro atoms. The maximum Gasteiger partial charge on any atom is 0.227 e. The zero-order valence-corrected chi connectivity index (χ0v) is 10.7. The highest BCUT2D eigenvalue weighted by molar-refractivity contribution is 5.96. The number of nitrogens with zero attached hydrogens (tertiary/aromatic N) is 1. The Morgan fingerprint density at radius 2 is 1.94 bits per heavy atom. The number of carbonyl (C=O) groups is 1. The molecule has 0 aromatic heterocycles. The Balaban J connectivity index is 1.79. The molecule has 0 unspecified atom stereocenters. The Morgan fingerprint density at radius 1 is 1.17 bits per heavy atom. The molecule has 1 fully saturated rings. The van der Waals surface area contributed by atoms with Gasteiger partial charge in [0.05, 0.1) is 0 Å². The van der Waals surface area contributed by atoms with Gasteiger partial charge in [-0.3, -0.25) is 4.79 Å². The van der Waals surface area contributed by atoms with E-state index in [1.165, 1.54) is 18.4 Å². The molecule has 3 heteroatoms. The van der Waals surface area contributed by atoms with Crippen LogP contribution in [0.3, 0.4) is 0 Å².